The van der Waals surface area contributed by atoms with E-state index in [1.165, 1.54) is 0 Å². The predicted molar refractivity (Wildman–Crippen MR) is 94.5 cm³/mol. The van der Waals surface area contributed by atoms with Gasteiger partial charge in [-0.25, -0.2) is 15.0 Å². The summed E-state index contributed by atoms with van der Waals surface area (Å²) in [5.74, 6) is 1.79. The smallest absolute Gasteiger partial charge is 0.251 e. The molecule has 7 nitrogen and oxygen atoms in total. The van der Waals surface area contributed by atoms with Crippen LogP contribution in [0.1, 0.15) is 41.7 Å². The van der Waals surface area contributed by atoms with Crippen molar-refractivity contribution in [2.45, 2.75) is 38.6 Å². The Hall–Kier alpha value is -2.12. The lowest BCUT2D eigenvalue weighted by Crippen LogP contribution is -2.34. The third kappa shape index (κ3) is 4.93. The fourth-order valence-corrected chi connectivity index (χ4v) is 3.30. The Balaban J connectivity index is 1.62. The van der Waals surface area contributed by atoms with Crippen LogP contribution in [0.5, 0.6) is 0 Å². The minimum absolute atomic E-state index is 0.0697. The summed E-state index contributed by atoms with van der Waals surface area (Å²) >= 11 is 0. The molecule has 25 heavy (non-hydrogen) atoms. The van der Waals surface area contributed by atoms with Crippen LogP contribution in [-0.2, 0) is 17.7 Å². The van der Waals surface area contributed by atoms with Gasteiger partial charge in [0, 0.05) is 56.6 Å². The summed E-state index contributed by atoms with van der Waals surface area (Å²) in [6.07, 6.45) is 6.70. The van der Waals surface area contributed by atoms with Crippen LogP contribution in [0.25, 0.3) is 0 Å². The van der Waals surface area contributed by atoms with E-state index >= 15 is 0 Å². The van der Waals surface area contributed by atoms with Gasteiger partial charge in [-0.2, -0.15) is 0 Å². The second-order valence-electron chi connectivity index (χ2n) is 6.58. The van der Waals surface area contributed by atoms with E-state index in [0.717, 1.165) is 56.0 Å². The molecule has 0 aliphatic carbocycles. The molecule has 0 bridgehead atoms. The fraction of sp³-hybridized carbons (Fsp3) is 0.556. The Bertz CT molecular complexity index is 744. The maximum Gasteiger partial charge on any atom is 0.251 e. The first-order valence-corrected chi connectivity index (χ1v) is 8.73. The van der Waals surface area contributed by atoms with Crippen LogP contribution in [0.2, 0.25) is 0 Å². The number of hydrogen-bond donors (Lipinski definition) is 1. The molecular formula is C18H25N5O2. The highest BCUT2D eigenvalue weighted by molar-refractivity contribution is 5.11. The second kappa shape index (κ2) is 8.31. The number of piperidine rings is 1. The van der Waals surface area contributed by atoms with Crippen molar-refractivity contribution in [3.05, 3.63) is 51.7 Å². The largest absolute Gasteiger partial charge is 0.384 e. The topological polar surface area (TPSA) is 84.0 Å². The van der Waals surface area contributed by atoms with Gasteiger partial charge >= 0.3 is 0 Å². The minimum Gasteiger partial charge on any atom is -0.384 e. The first kappa shape index (κ1) is 17.7. The molecule has 134 valence electrons. The van der Waals surface area contributed by atoms with Gasteiger partial charge in [0.2, 0.25) is 0 Å². The van der Waals surface area contributed by atoms with Gasteiger partial charge in [0.1, 0.15) is 11.6 Å². The number of hydrogen-bond acceptors (Lipinski definition) is 6. The molecule has 0 amide bonds. The monoisotopic (exact) mass is 343 g/mol. The number of rotatable bonds is 6. The molecule has 0 aromatic carbocycles. The van der Waals surface area contributed by atoms with Crippen molar-refractivity contribution in [1.82, 2.24) is 24.8 Å². The molecule has 7 heteroatoms. The van der Waals surface area contributed by atoms with Crippen molar-refractivity contribution in [3.8, 4) is 0 Å². The van der Waals surface area contributed by atoms with Gasteiger partial charge in [-0.15, -0.1) is 0 Å². The number of aryl methyl sites for hydroxylation is 1. The number of ether oxygens (including phenoxy) is 1. The summed E-state index contributed by atoms with van der Waals surface area (Å²) in [6, 6.07) is 1.63. The van der Waals surface area contributed by atoms with Gasteiger partial charge in [-0.1, -0.05) is 0 Å². The molecule has 2 aromatic rings. The quantitative estimate of drug-likeness (QED) is 0.854. The van der Waals surface area contributed by atoms with Crippen LogP contribution in [0.15, 0.2) is 23.3 Å². The number of nitrogens with one attached hydrogen (secondary N) is 1. The molecule has 1 saturated heterocycles. The first-order chi connectivity index (χ1) is 12.1. The van der Waals surface area contributed by atoms with Crippen molar-refractivity contribution in [3.63, 3.8) is 0 Å². The van der Waals surface area contributed by atoms with E-state index in [9.17, 15) is 4.79 Å². The Morgan fingerprint density at radius 3 is 2.88 bits per heavy atom. The normalized spacial score (nSPS) is 18.4. The molecule has 1 N–H and O–H groups in total. The lowest BCUT2D eigenvalue weighted by molar-refractivity contribution is 0.197. The van der Waals surface area contributed by atoms with Crippen LogP contribution in [-0.4, -0.2) is 51.6 Å². The highest BCUT2D eigenvalue weighted by atomic mass is 16.5. The van der Waals surface area contributed by atoms with Crippen molar-refractivity contribution in [2.75, 3.05) is 26.8 Å². The molecule has 0 unspecified atom stereocenters. The maximum absolute atomic E-state index is 11.7. The van der Waals surface area contributed by atoms with E-state index in [-0.39, 0.29) is 5.56 Å². The first-order valence-electron chi connectivity index (χ1n) is 8.73. The summed E-state index contributed by atoms with van der Waals surface area (Å²) in [7, 11) is 1.68. The molecule has 1 atom stereocenters. The van der Waals surface area contributed by atoms with Crippen molar-refractivity contribution < 1.29 is 4.74 Å². The molecular weight excluding hydrogens is 318 g/mol. The van der Waals surface area contributed by atoms with Crippen LogP contribution in [0.3, 0.4) is 0 Å². The SMILES string of the molecule is COCCc1ncc(CN2CCC[C@@H](c3cc(=O)[nH]c(C)n3)C2)cn1. The fourth-order valence-electron chi connectivity index (χ4n) is 3.30. The van der Waals surface area contributed by atoms with Crippen LogP contribution < -0.4 is 5.56 Å². The Labute approximate surface area is 147 Å². The number of nitrogens with zero attached hydrogens (tertiary/aromatic N) is 4. The molecule has 0 spiro atoms. The molecule has 3 rings (SSSR count). The van der Waals surface area contributed by atoms with E-state index in [1.807, 2.05) is 19.3 Å². The van der Waals surface area contributed by atoms with Crippen LogP contribution in [0.4, 0.5) is 0 Å². The van der Waals surface area contributed by atoms with Gasteiger partial charge in [0.15, 0.2) is 0 Å². The predicted octanol–water partition coefficient (Wildman–Crippen LogP) is 1.44. The molecule has 0 saturated carbocycles. The van der Waals surface area contributed by atoms with Gasteiger partial charge < -0.3 is 9.72 Å². The molecule has 1 aliphatic heterocycles. The zero-order valence-electron chi connectivity index (χ0n) is 14.9. The number of aromatic nitrogens is 4. The Morgan fingerprint density at radius 2 is 2.16 bits per heavy atom. The highest BCUT2D eigenvalue weighted by Crippen LogP contribution is 2.25. The third-order valence-electron chi connectivity index (χ3n) is 4.50. The maximum atomic E-state index is 11.7. The van der Waals surface area contributed by atoms with Crippen molar-refractivity contribution >= 4 is 0 Å². The van der Waals surface area contributed by atoms with Crippen molar-refractivity contribution in [1.29, 1.82) is 0 Å². The summed E-state index contributed by atoms with van der Waals surface area (Å²) < 4.78 is 5.05. The summed E-state index contributed by atoms with van der Waals surface area (Å²) in [6.45, 7) is 5.23. The molecule has 0 radical (unpaired) electrons. The lowest BCUT2D eigenvalue weighted by atomic mass is 9.94. The average Bonchev–Trinajstić information content (AvgIpc) is 2.60. The van der Waals surface area contributed by atoms with Gasteiger partial charge in [0.25, 0.3) is 5.56 Å². The van der Waals surface area contributed by atoms with E-state index in [4.69, 9.17) is 4.74 Å². The Kier molecular flexibility index (Phi) is 5.88. The van der Waals surface area contributed by atoms with E-state index in [2.05, 4.69) is 24.8 Å². The van der Waals surface area contributed by atoms with Gasteiger partial charge in [0.05, 0.1) is 12.3 Å². The highest BCUT2D eigenvalue weighted by Gasteiger charge is 2.23. The standard InChI is InChI=1S/C18H25N5O2/c1-13-21-16(8-18(24)22-13)15-4-3-6-23(12-15)11-14-9-19-17(20-10-14)5-7-25-2/h8-10,15H,3-7,11-12H2,1-2H3,(H,21,22,24)/t15-/m1/s1. The molecule has 3 heterocycles. The zero-order chi connectivity index (χ0) is 17.6. The van der Waals surface area contributed by atoms with E-state index in [0.29, 0.717) is 18.3 Å². The summed E-state index contributed by atoms with van der Waals surface area (Å²) in [5, 5.41) is 0. The zero-order valence-corrected chi connectivity index (χ0v) is 14.9. The average molecular weight is 343 g/mol. The lowest BCUT2D eigenvalue weighted by Gasteiger charge is -2.32. The number of aromatic amines is 1. The van der Waals surface area contributed by atoms with E-state index in [1.54, 1.807) is 13.2 Å². The molecule has 1 fully saturated rings. The number of likely N-dealkylation sites (tertiary alicyclic amines) is 1. The van der Waals surface area contributed by atoms with Crippen LogP contribution in [0, 0.1) is 6.92 Å². The second-order valence-corrected chi connectivity index (χ2v) is 6.58. The minimum atomic E-state index is -0.0697. The van der Waals surface area contributed by atoms with Gasteiger partial charge in [-0.3, -0.25) is 9.69 Å². The van der Waals surface area contributed by atoms with Crippen molar-refractivity contribution in [2.24, 2.45) is 0 Å². The van der Waals surface area contributed by atoms with Crippen LogP contribution >= 0.6 is 0 Å². The molecule has 2 aromatic heterocycles. The number of methoxy groups -OCH3 is 1. The van der Waals surface area contributed by atoms with Gasteiger partial charge in [-0.05, 0) is 26.3 Å². The number of H-pyrrole nitrogens is 1. The summed E-state index contributed by atoms with van der Waals surface area (Å²) in [5.41, 5.74) is 1.94. The Morgan fingerprint density at radius 1 is 1.36 bits per heavy atom. The van der Waals surface area contributed by atoms with E-state index < -0.39 is 0 Å². The third-order valence-corrected chi connectivity index (χ3v) is 4.50. The molecule has 1 aliphatic rings. The summed E-state index contributed by atoms with van der Waals surface area (Å²) in [4.78, 5) is 30.1.